The molecule has 0 amide bonds. The number of aryl methyl sites for hydroxylation is 1. The van der Waals surface area contributed by atoms with E-state index in [2.05, 4.69) is 11.4 Å². The van der Waals surface area contributed by atoms with Crippen molar-refractivity contribution >= 4 is 5.97 Å². The van der Waals surface area contributed by atoms with Gasteiger partial charge in [0.25, 0.3) is 0 Å². The molecule has 0 bridgehead atoms. The van der Waals surface area contributed by atoms with E-state index in [4.69, 9.17) is 14.2 Å². The molecule has 0 aliphatic heterocycles. The smallest absolute Gasteiger partial charge is 0.332 e. The summed E-state index contributed by atoms with van der Waals surface area (Å²) >= 11 is 0. The van der Waals surface area contributed by atoms with E-state index in [9.17, 15) is 9.90 Å². The molecule has 0 aromatic heterocycles. The van der Waals surface area contributed by atoms with Gasteiger partial charge < -0.3 is 24.6 Å². The van der Waals surface area contributed by atoms with Crippen molar-refractivity contribution in [3.63, 3.8) is 0 Å². The number of fused-ring (bicyclic) bond motifs is 1. The Morgan fingerprint density at radius 3 is 2.86 bits per heavy atom. The van der Waals surface area contributed by atoms with Crippen molar-refractivity contribution in [3.05, 3.63) is 65.2 Å². The van der Waals surface area contributed by atoms with Crippen molar-refractivity contribution in [2.75, 3.05) is 26.9 Å². The standard InChI is InChI=1S/C23H29NO5/c1-3-28-22(26)15-29-23-19-10-5-4-7-16(19)11-12-20(23)24-14-21(25)17-8-6-9-18(13-17)27-2/h4-10,13,20-21,23-25H,3,11-12,14-15H2,1-2H3/t20?,21-,23?/m1/s1. The number of nitrogens with one attached hydrogen (secondary N) is 1. The van der Waals surface area contributed by atoms with Crippen LogP contribution in [0.3, 0.4) is 0 Å². The summed E-state index contributed by atoms with van der Waals surface area (Å²) < 4.78 is 16.2. The third-order valence-electron chi connectivity index (χ3n) is 5.19. The van der Waals surface area contributed by atoms with Crippen LogP contribution in [0.4, 0.5) is 0 Å². The zero-order chi connectivity index (χ0) is 20.6. The highest BCUT2D eigenvalue weighted by Gasteiger charge is 2.31. The minimum Gasteiger partial charge on any atom is -0.497 e. The van der Waals surface area contributed by atoms with Crippen LogP contribution in [0.15, 0.2) is 48.5 Å². The maximum absolute atomic E-state index is 11.8. The Hall–Kier alpha value is -2.41. The summed E-state index contributed by atoms with van der Waals surface area (Å²) in [6.07, 6.45) is 0.826. The first kappa shape index (κ1) is 21.3. The Bertz CT molecular complexity index is 809. The predicted molar refractivity (Wildman–Crippen MR) is 110 cm³/mol. The minimum absolute atomic E-state index is 0.0143. The fraction of sp³-hybridized carbons (Fsp3) is 0.435. The van der Waals surface area contributed by atoms with Gasteiger partial charge in [-0.3, -0.25) is 0 Å². The summed E-state index contributed by atoms with van der Waals surface area (Å²) in [6.45, 7) is 2.39. The van der Waals surface area contributed by atoms with Crippen LogP contribution < -0.4 is 10.1 Å². The molecule has 2 N–H and O–H groups in total. The number of methoxy groups -OCH3 is 1. The second-order valence-electron chi connectivity index (χ2n) is 7.08. The summed E-state index contributed by atoms with van der Waals surface area (Å²) in [5.74, 6) is 0.342. The third-order valence-corrected chi connectivity index (χ3v) is 5.19. The zero-order valence-electron chi connectivity index (χ0n) is 17.0. The molecule has 6 heteroatoms. The van der Waals surface area contributed by atoms with E-state index in [0.717, 1.165) is 24.0 Å². The molecule has 1 aliphatic carbocycles. The molecule has 0 fully saturated rings. The summed E-state index contributed by atoms with van der Waals surface area (Å²) in [7, 11) is 1.61. The Kier molecular flexibility index (Phi) is 7.63. The van der Waals surface area contributed by atoms with E-state index in [0.29, 0.717) is 18.9 Å². The van der Waals surface area contributed by atoms with Gasteiger partial charge in [-0.05, 0) is 48.6 Å². The normalized spacial score (nSPS) is 19.3. The second kappa shape index (κ2) is 10.4. The second-order valence-corrected chi connectivity index (χ2v) is 7.08. The summed E-state index contributed by atoms with van der Waals surface area (Å²) in [6, 6.07) is 15.5. The van der Waals surface area contributed by atoms with Crippen molar-refractivity contribution in [3.8, 4) is 5.75 Å². The van der Waals surface area contributed by atoms with Crippen LogP contribution in [0.5, 0.6) is 5.75 Å². The van der Waals surface area contributed by atoms with E-state index in [1.54, 1.807) is 14.0 Å². The number of esters is 1. The molecule has 2 unspecified atom stereocenters. The van der Waals surface area contributed by atoms with E-state index in [1.807, 2.05) is 42.5 Å². The number of hydrogen-bond acceptors (Lipinski definition) is 6. The number of aliphatic hydroxyl groups excluding tert-OH is 1. The Labute approximate surface area is 171 Å². The lowest BCUT2D eigenvalue weighted by molar-refractivity contribution is -0.151. The number of ether oxygens (including phenoxy) is 3. The lowest BCUT2D eigenvalue weighted by Gasteiger charge is -2.34. The highest BCUT2D eigenvalue weighted by atomic mass is 16.6. The number of rotatable bonds is 9. The summed E-state index contributed by atoms with van der Waals surface area (Å²) in [4.78, 5) is 11.8. The molecule has 156 valence electrons. The molecule has 0 saturated heterocycles. The van der Waals surface area contributed by atoms with Crippen LogP contribution in [0.25, 0.3) is 0 Å². The lowest BCUT2D eigenvalue weighted by atomic mass is 9.85. The molecule has 0 heterocycles. The highest BCUT2D eigenvalue weighted by molar-refractivity contribution is 5.70. The topological polar surface area (TPSA) is 77.0 Å². The van der Waals surface area contributed by atoms with Crippen LogP contribution in [-0.4, -0.2) is 44.0 Å². The molecule has 0 spiro atoms. The number of carbonyl (C=O) groups is 1. The van der Waals surface area contributed by atoms with Gasteiger partial charge in [0.1, 0.15) is 12.4 Å². The molecule has 29 heavy (non-hydrogen) atoms. The SMILES string of the molecule is CCOC(=O)COC1c2ccccc2CCC1NC[C@@H](O)c1cccc(OC)c1. The first-order valence-electron chi connectivity index (χ1n) is 10.0. The summed E-state index contributed by atoms with van der Waals surface area (Å²) in [5, 5.41) is 14.0. The van der Waals surface area contributed by atoms with Crippen molar-refractivity contribution in [2.45, 2.75) is 38.0 Å². The largest absolute Gasteiger partial charge is 0.497 e. The van der Waals surface area contributed by atoms with Gasteiger partial charge in [0.2, 0.25) is 0 Å². The zero-order valence-corrected chi connectivity index (χ0v) is 17.0. The highest BCUT2D eigenvalue weighted by Crippen LogP contribution is 2.33. The van der Waals surface area contributed by atoms with E-state index >= 15 is 0 Å². The molecule has 3 rings (SSSR count). The molecule has 0 saturated carbocycles. The van der Waals surface area contributed by atoms with Crippen molar-refractivity contribution in [1.82, 2.24) is 5.32 Å². The molecular weight excluding hydrogens is 370 g/mol. The van der Waals surface area contributed by atoms with Crippen LogP contribution in [0.1, 0.15) is 42.2 Å². The fourth-order valence-electron chi connectivity index (χ4n) is 3.72. The Morgan fingerprint density at radius 2 is 2.07 bits per heavy atom. The van der Waals surface area contributed by atoms with Crippen LogP contribution >= 0.6 is 0 Å². The van der Waals surface area contributed by atoms with Crippen molar-refractivity contribution < 1.29 is 24.1 Å². The molecule has 2 aromatic carbocycles. The molecular formula is C23H29NO5. The molecule has 6 nitrogen and oxygen atoms in total. The summed E-state index contributed by atoms with van der Waals surface area (Å²) in [5.41, 5.74) is 3.10. The maximum atomic E-state index is 11.8. The minimum atomic E-state index is -0.673. The van der Waals surface area contributed by atoms with Crippen molar-refractivity contribution in [1.29, 1.82) is 0 Å². The molecule has 3 atom stereocenters. The molecule has 0 radical (unpaired) electrons. The first-order valence-corrected chi connectivity index (χ1v) is 10.0. The van der Waals surface area contributed by atoms with Crippen LogP contribution in [0, 0.1) is 0 Å². The number of aliphatic hydroxyl groups is 1. The van der Waals surface area contributed by atoms with Gasteiger partial charge >= 0.3 is 5.97 Å². The van der Waals surface area contributed by atoms with E-state index < -0.39 is 6.10 Å². The Morgan fingerprint density at radius 1 is 1.24 bits per heavy atom. The van der Waals surface area contributed by atoms with Gasteiger partial charge in [-0.1, -0.05) is 36.4 Å². The monoisotopic (exact) mass is 399 g/mol. The van der Waals surface area contributed by atoms with Crippen molar-refractivity contribution in [2.24, 2.45) is 0 Å². The van der Waals surface area contributed by atoms with Crippen LogP contribution in [-0.2, 0) is 20.7 Å². The van der Waals surface area contributed by atoms with Gasteiger partial charge in [0.15, 0.2) is 0 Å². The van der Waals surface area contributed by atoms with Crippen LogP contribution in [0.2, 0.25) is 0 Å². The third kappa shape index (κ3) is 5.56. The molecule has 1 aliphatic rings. The number of hydrogen-bond donors (Lipinski definition) is 2. The predicted octanol–water partition coefficient (Wildman–Crippen LogP) is 2.95. The van der Waals surface area contributed by atoms with Gasteiger partial charge in [0.05, 0.1) is 25.9 Å². The molecule has 2 aromatic rings. The van der Waals surface area contributed by atoms with Gasteiger partial charge in [-0.15, -0.1) is 0 Å². The number of carbonyl (C=O) groups excluding carboxylic acids is 1. The lowest BCUT2D eigenvalue weighted by Crippen LogP contribution is -2.42. The van der Waals surface area contributed by atoms with E-state index in [1.165, 1.54) is 5.56 Å². The van der Waals surface area contributed by atoms with Gasteiger partial charge in [-0.2, -0.15) is 0 Å². The Balaban J connectivity index is 1.68. The maximum Gasteiger partial charge on any atom is 0.332 e. The van der Waals surface area contributed by atoms with Gasteiger partial charge in [-0.25, -0.2) is 4.79 Å². The quantitative estimate of drug-likeness (QED) is 0.632. The fourth-order valence-corrected chi connectivity index (χ4v) is 3.72. The number of benzene rings is 2. The van der Waals surface area contributed by atoms with E-state index in [-0.39, 0.29) is 24.7 Å². The van der Waals surface area contributed by atoms with Gasteiger partial charge in [0, 0.05) is 12.6 Å². The average molecular weight is 399 g/mol. The average Bonchev–Trinajstić information content (AvgIpc) is 2.76. The first-order chi connectivity index (χ1) is 14.1.